The van der Waals surface area contributed by atoms with Crippen molar-refractivity contribution in [2.24, 2.45) is 0 Å². The molecular weight excluding hydrogens is 256 g/mol. The van der Waals surface area contributed by atoms with Crippen molar-refractivity contribution in [2.75, 3.05) is 26.2 Å². The molecule has 0 aromatic rings. The highest BCUT2D eigenvalue weighted by atomic mass is 16.6. The van der Waals surface area contributed by atoms with Crippen LogP contribution in [0.3, 0.4) is 0 Å². The van der Waals surface area contributed by atoms with E-state index in [9.17, 15) is 4.79 Å². The minimum Gasteiger partial charge on any atom is -0.444 e. The summed E-state index contributed by atoms with van der Waals surface area (Å²) >= 11 is 0. The predicted molar refractivity (Wildman–Crippen MR) is 77.8 cm³/mol. The quantitative estimate of drug-likeness (QED) is 0.863. The Morgan fingerprint density at radius 1 is 1.30 bits per heavy atom. The zero-order valence-electron chi connectivity index (χ0n) is 13.0. The van der Waals surface area contributed by atoms with Gasteiger partial charge in [0, 0.05) is 32.3 Å². The second kappa shape index (κ2) is 6.76. The van der Waals surface area contributed by atoms with Gasteiger partial charge in [0.2, 0.25) is 0 Å². The Labute approximate surface area is 122 Å². The van der Waals surface area contributed by atoms with E-state index in [1.165, 1.54) is 12.8 Å². The number of rotatable bonds is 3. The van der Waals surface area contributed by atoms with Crippen molar-refractivity contribution in [3.63, 3.8) is 0 Å². The van der Waals surface area contributed by atoms with E-state index in [0.717, 1.165) is 39.1 Å². The molecule has 1 N–H and O–H groups in total. The largest absolute Gasteiger partial charge is 0.444 e. The van der Waals surface area contributed by atoms with Crippen LogP contribution in [0.5, 0.6) is 0 Å². The summed E-state index contributed by atoms with van der Waals surface area (Å²) < 4.78 is 11.0. The summed E-state index contributed by atoms with van der Waals surface area (Å²) in [6.07, 6.45) is 4.54. The highest BCUT2D eigenvalue weighted by Gasteiger charge is 2.27. The van der Waals surface area contributed by atoms with Crippen molar-refractivity contribution in [3.05, 3.63) is 0 Å². The fraction of sp³-hybridized carbons (Fsp3) is 0.933. The van der Waals surface area contributed by atoms with Crippen LogP contribution in [-0.4, -0.2) is 55.0 Å². The molecule has 1 amide bonds. The second-order valence-corrected chi connectivity index (χ2v) is 6.78. The van der Waals surface area contributed by atoms with Crippen molar-refractivity contribution >= 4 is 6.09 Å². The number of hydrogen-bond donors (Lipinski definition) is 1. The van der Waals surface area contributed by atoms with Crippen molar-refractivity contribution in [2.45, 2.75) is 64.2 Å². The first-order valence-corrected chi connectivity index (χ1v) is 7.77. The van der Waals surface area contributed by atoms with Gasteiger partial charge in [-0.15, -0.1) is 0 Å². The Morgan fingerprint density at radius 2 is 2.00 bits per heavy atom. The average Bonchev–Trinajstić information content (AvgIpc) is 2.88. The molecule has 2 aliphatic heterocycles. The zero-order chi connectivity index (χ0) is 14.6. The fourth-order valence-electron chi connectivity index (χ4n) is 2.70. The summed E-state index contributed by atoms with van der Waals surface area (Å²) in [7, 11) is 0. The Hall–Kier alpha value is -0.810. The lowest BCUT2D eigenvalue weighted by Crippen LogP contribution is -2.47. The van der Waals surface area contributed by atoms with Crippen molar-refractivity contribution < 1.29 is 14.3 Å². The van der Waals surface area contributed by atoms with Gasteiger partial charge in [-0.3, -0.25) is 0 Å². The van der Waals surface area contributed by atoms with Gasteiger partial charge in [-0.1, -0.05) is 0 Å². The molecule has 0 spiro atoms. The smallest absolute Gasteiger partial charge is 0.410 e. The molecule has 2 fully saturated rings. The fourth-order valence-corrected chi connectivity index (χ4v) is 2.70. The monoisotopic (exact) mass is 284 g/mol. The van der Waals surface area contributed by atoms with Gasteiger partial charge < -0.3 is 19.7 Å². The highest BCUT2D eigenvalue weighted by molar-refractivity contribution is 5.68. The molecule has 0 aromatic heterocycles. The van der Waals surface area contributed by atoms with Gasteiger partial charge in [-0.05, 0) is 46.5 Å². The normalized spacial score (nSPS) is 24.9. The molecule has 2 saturated heterocycles. The third kappa shape index (κ3) is 4.94. The number of hydrogen-bond acceptors (Lipinski definition) is 4. The molecule has 20 heavy (non-hydrogen) atoms. The predicted octanol–water partition coefficient (Wildman–Crippen LogP) is 2.15. The molecule has 116 valence electrons. The summed E-state index contributed by atoms with van der Waals surface area (Å²) in [6, 6.07) is 0.498. The molecule has 0 saturated carbocycles. The van der Waals surface area contributed by atoms with E-state index in [1.807, 2.05) is 25.7 Å². The molecular formula is C15H28N2O3. The van der Waals surface area contributed by atoms with Gasteiger partial charge in [0.1, 0.15) is 5.60 Å². The summed E-state index contributed by atoms with van der Waals surface area (Å²) in [5, 5.41) is 3.57. The minimum atomic E-state index is -0.411. The molecule has 0 bridgehead atoms. The van der Waals surface area contributed by atoms with Crippen LogP contribution >= 0.6 is 0 Å². The van der Waals surface area contributed by atoms with Gasteiger partial charge >= 0.3 is 6.09 Å². The van der Waals surface area contributed by atoms with Gasteiger partial charge in [0.25, 0.3) is 0 Å². The lowest BCUT2D eigenvalue weighted by molar-refractivity contribution is 0.0193. The Bertz CT molecular complexity index is 314. The van der Waals surface area contributed by atoms with Crippen molar-refractivity contribution in [1.82, 2.24) is 10.2 Å². The van der Waals surface area contributed by atoms with Crippen molar-refractivity contribution in [1.29, 1.82) is 0 Å². The number of nitrogens with one attached hydrogen (secondary N) is 1. The minimum absolute atomic E-state index is 0.185. The Morgan fingerprint density at radius 3 is 2.55 bits per heavy atom. The van der Waals surface area contributed by atoms with E-state index in [4.69, 9.17) is 9.47 Å². The number of piperidine rings is 1. The molecule has 2 rings (SSSR count). The lowest BCUT2D eigenvalue weighted by Gasteiger charge is -2.34. The summed E-state index contributed by atoms with van der Waals surface area (Å²) in [4.78, 5) is 13.8. The van der Waals surface area contributed by atoms with E-state index >= 15 is 0 Å². The SMILES string of the molecule is CC(C)(C)OC(=O)N1CCC(NCC2CCCO2)CC1. The molecule has 1 atom stereocenters. The topological polar surface area (TPSA) is 50.8 Å². The van der Waals surface area contributed by atoms with E-state index < -0.39 is 5.60 Å². The first kappa shape index (κ1) is 15.6. The van der Waals surface area contributed by atoms with Crippen LogP contribution < -0.4 is 5.32 Å². The number of amides is 1. The molecule has 0 aromatic carbocycles. The maximum absolute atomic E-state index is 12.0. The number of likely N-dealkylation sites (tertiary alicyclic amines) is 1. The van der Waals surface area contributed by atoms with E-state index in [0.29, 0.717) is 12.1 Å². The highest BCUT2D eigenvalue weighted by Crippen LogP contribution is 2.16. The van der Waals surface area contributed by atoms with E-state index in [1.54, 1.807) is 0 Å². The second-order valence-electron chi connectivity index (χ2n) is 6.78. The lowest BCUT2D eigenvalue weighted by atomic mass is 10.0. The van der Waals surface area contributed by atoms with Crippen LogP contribution in [0.4, 0.5) is 4.79 Å². The van der Waals surface area contributed by atoms with Crippen LogP contribution in [-0.2, 0) is 9.47 Å². The maximum atomic E-state index is 12.0. The molecule has 2 heterocycles. The molecule has 2 aliphatic rings. The average molecular weight is 284 g/mol. The van der Waals surface area contributed by atoms with Gasteiger partial charge in [-0.25, -0.2) is 4.79 Å². The van der Waals surface area contributed by atoms with Gasteiger partial charge in [0.15, 0.2) is 0 Å². The molecule has 0 radical (unpaired) electrons. The molecule has 5 nitrogen and oxygen atoms in total. The Balaban J connectivity index is 1.65. The number of nitrogens with zero attached hydrogens (tertiary/aromatic N) is 1. The van der Waals surface area contributed by atoms with Crippen LogP contribution in [0.1, 0.15) is 46.5 Å². The van der Waals surface area contributed by atoms with Crippen LogP contribution in [0.25, 0.3) is 0 Å². The molecule has 1 unspecified atom stereocenters. The number of carbonyl (C=O) groups excluding carboxylic acids is 1. The maximum Gasteiger partial charge on any atom is 0.410 e. The zero-order valence-corrected chi connectivity index (χ0v) is 13.0. The van der Waals surface area contributed by atoms with Crippen LogP contribution in [0, 0.1) is 0 Å². The third-order valence-electron chi connectivity index (χ3n) is 3.80. The first-order chi connectivity index (χ1) is 9.44. The third-order valence-corrected chi connectivity index (χ3v) is 3.80. The van der Waals surface area contributed by atoms with Gasteiger partial charge in [-0.2, -0.15) is 0 Å². The Kier molecular flexibility index (Phi) is 5.27. The van der Waals surface area contributed by atoms with E-state index in [-0.39, 0.29) is 6.09 Å². The van der Waals surface area contributed by atoms with Crippen LogP contribution in [0.15, 0.2) is 0 Å². The number of ether oxygens (including phenoxy) is 2. The molecule has 0 aliphatic carbocycles. The van der Waals surface area contributed by atoms with Crippen molar-refractivity contribution in [3.8, 4) is 0 Å². The summed E-state index contributed by atoms with van der Waals surface area (Å²) in [6.45, 7) is 9.11. The van der Waals surface area contributed by atoms with Gasteiger partial charge in [0.05, 0.1) is 6.10 Å². The molecule has 5 heteroatoms. The standard InChI is InChI=1S/C15H28N2O3/c1-15(2,3)20-14(18)17-8-6-12(7-9-17)16-11-13-5-4-10-19-13/h12-13,16H,4-11H2,1-3H3. The summed E-state index contributed by atoms with van der Waals surface area (Å²) in [5.41, 5.74) is -0.411. The van der Waals surface area contributed by atoms with Crippen LogP contribution in [0.2, 0.25) is 0 Å². The summed E-state index contributed by atoms with van der Waals surface area (Å²) in [5.74, 6) is 0. The van der Waals surface area contributed by atoms with E-state index in [2.05, 4.69) is 5.32 Å². The first-order valence-electron chi connectivity index (χ1n) is 7.77. The number of carbonyl (C=O) groups is 1.